The minimum Gasteiger partial charge on any atom is -0.481 e. The van der Waals surface area contributed by atoms with Gasteiger partial charge in [-0.2, -0.15) is 12.6 Å². The van der Waals surface area contributed by atoms with Crippen molar-refractivity contribution in [3.05, 3.63) is 0 Å². The molecule has 0 radical (unpaired) electrons. The van der Waals surface area contributed by atoms with Crippen LogP contribution in [0.25, 0.3) is 0 Å². The van der Waals surface area contributed by atoms with Crippen LogP contribution in [0.2, 0.25) is 0 Å². The third kappa shape index (κ3) is 10.7. The van der Waals surface area contributed by atoms with Gasteiger partial charge in [0, 0.05) is 12.2 Å². The number of carbonyl (C=O) groups excluding carboxylic acids is 3. The average Bonchev–Trinajstić information content (AvgIpc) is 2.62. The maximum atomic E-state index is 12.5. The zero-order chi connectivity index (χ0) is 22.7. The lowest BCUT2D eigenvalue weighted by Crippen LogP contribution is -2.56. The highest BCUT2D eigenvalue weighted by atomic mass is 32.1. The summed E-state index contributed by atoms with van der Waals surface area (Å²) in [6.07, 6.45) is -0.120. The smallest absolute Gasteiger partial charge is 0.327 e. The minimum atomic E-state index is -1.26. The molecule has 0 saturated carbocycles. The largest absolute Gasteiger partial charge is 0.481 e. The number of nitrogens with two attached hydrogens (primary N) is 1. The molecule has 0 aliphatic heterocycles. The van der Waals surface area contributed by atoms with Crippen molar-refractivity contribution in [2.24, 2.45) is 11.7 Å². The number of carboxylic acids is 2. The highest BCUT2D eigenvalue weighted by Gasteiger charge is 2.28. The van der Waals surface area contributed by atoms with Crippen LogP contribution >= 0.6 is 12.6 Å². The first-order chi connectivity index (χ1) is 13.4. The zero-order valence-corrected chi connectivity index (χ0v) is 17.6. The van der Waals surface area contributed by atoms with E-state index in [1.54, 1.807) is 0 Å². The van der Waals surface area contributed by atoms with E-state index >= 15 is 0 Å². The van der Waals surface area contributed by atoms with Crippen molar-refractivity contribution >= 4 is 42.3 Å². The molecule has 0 heterocycles. The fraction of sp³-hybridized carbons (Fsp3) is 0.706. The Kier molecular flexibility index (Phi) is 11.9. The van der Waals surface area contributed by atoms with E-state index in [-0.39, 0.29) is 30.9 Å². The van der Waals surface area contributed by atoms with E-state index in [4.69, 9.17) is 15.9 Å². The summed E-state index contributed by atoms with van der Waals surface area (Å²) in [4.78, 5) is 58.4. The summed E-state index contributed by atoms with van der Waals surface area (Å²) < 4.78 is 0. The first kappa shape index (κ1) is 26.7. The number of hydrogen-bond acceptors (Lipinski definition) is 7. The van der Waals surface area contributed by atoms with Gasteiger partial charge in [0.15, 0.2) is 0 Å². The van der Waals surface area contributed by atoms with Gasteiger partial charge in [-0.1, -0.05) is 13.8 Å². The van der Waals surface area contributed by atoms with Gasteiger partial charge in [-0.15, -0.1) is 0 Å². The van der Waals surface area contributed by atoms with Gasteiger partial charge in [0.25, 0.3) is 0 Å². The third-order valence-electron chi connectivity index (χ3n) is 3.90. The number of thiol groups is 1. The Morgan fingerprint density at radius 1 is 0.897 bits per heavy atom. The number of carboxylic acid groups (broad SMARTS) is 2. The molecule has 166 valence electrons. The number of aliphatic carboxylic acids is 2. The molecular weight excluding hydrogens is 404 g/mol. The summed E-state index contributed by atoms with van der Waals surface area (Å²) in [6.45, 7) is 5.03. The second kappa shape index (κ2) is 13.0. The Morgan fingerprint density at radius 2 is 1.45 bits per heavy atom. The van der Waals surface area contributed by atoms with Gasteiger partial charge >= 0.3 is 11.9 Å². The lowest BCUT2D eigenvalue weighted by molar-refractivity contribution is -0.141. The topological polar surface area (TPSA) is 188 Å². The predicted molar refractivity (Wildman–Crippen MR) is 107 cm³/mol. The van der Waals surface area contributed by atoms with Gasteiger partial charge in [-0.05, 0) is 25.7 Å². The molecule has 0 saturated heterocycles. The van der Waals surface area contributed by atoms with E-state index in [2.05, 4.69) is 28.6 Å². The SMILES string of the molecule is CC(C)CC(NC(=O)C(N)CCC(=O)O)C(=O)NC(C)C(=O)NC(CS)C(=O)O. The fourth-order valence-electron chi connectivity index (χ4n) is 2.25. The van der Waals surface area contributed by atoms with Gasteiger partial charge in [0.2, 0.25) is 17.7 Å². The molecule has 0 aliphatic rings. The normalized spacial score (nSPS) is 15.0. The van der Waals surface area contributed by atoms with Crippen LogP contribution in [0.4, 0.5) is 0 Å². The zero-order valence-electron chi connectivity index (χ0n) is 16.7. The Morgan fingerprint density at radius 3 is 1.90 bits per heavy atom. The Balaban J connectivity index is 4.97. The summed E-state index contributed by atoms with van der Waals surface area (Å²) in [7, 11) is 0. The first-order valence-electron chi connectivity index (χ1n) is 9.11. The van der Waals surface area contributed by atoms with E-state index in [9.17, 15) is 24.0 Å². The summed E-state index contributed by atoms with van der Waals surface area (Å²) in [5.41, 5.74) is 5.66. The molecule has 0 aromatic rings. The van der Waals surface area contributed by atoms with E-state index in [1.807, 2.05) is 13.8 Å². The quantitative estimate of drug-likeness (QED) is 0.174. The summed E-state index contributed by atoms with van der Waals surface area (Å²) >= 11 is 3.85. The van der Waals surface area contributed by atoms with E-state index in [0.717, 1.165) is 0 Å². The standard InChI is InChI=1S/C17H30N4O7S/c1-8(2)6-11(20-15(25)10(18)4-5-13(22)23)16(26)19-9(3)14(24)21-12(7-29)17(27)28/h8-12,29H,4-7,18H2,1-3H3,(H,19,26)(H,20,25)(H,21,24)(H,22,23)(H,27,28). The maximum Gasteiger partial charge on any atom is 0.327 e. The molecule has 0 aromatic heterocycles. The summed E-state index contributed by atoms with van der Waals surface area (Å²) in [5.74, 6) is -4.48. The molecule has 0 fully saturated rings. The molecule has 0 bridgehead atoms. The van der Waals surface area contributed by atoms with Crippen LogP contribution in [0.1, 0.15) is 40.0 Å². The molecular formula is C17H30N4O7S. The van der Waals surface area contributed by atoms with Crippen LogP contribution < -0.4 is 21.7 Å². The monoisotopic (exact) mass is 434 g/mol. The minimum absolute atomic E-state index is 0.0194. The molecule has 4 atom stereocenters. The lowest BCUT2D eigenvalue weighted by atomic mass is 10.0. The molecule has 3 amide bonds. The molecule has 11 nitrogen and oxygen atoms in total. The Hall–Kier alpha value is -2.34. The van der Waals surface area contributed by atoms with Crippen LogP contribution in [0.15, 0.2) is 0 Å². The predicted octanol–water partition coefficient (Wildman–Crippen LogP) is -1.29. The van der Waals surface area contributed by atoms with Crippen molar-refractivity contribution in [2.75, 3.05) is 5.75 Å². The molecule has 7 N–H and O–H groups in total. The summed E-state index contributed by atoms with van der Waals surface area (Å²) in [5, 5.41) is 24.8. The molecule has 0 spiro atoms. The van der Waals surface area contributed by atoms with Gasteiger partial charge in [-0.25, -0.2) is 4.79 Å². The number of amides is 3. The average molecular weight is 435 g/mol. The first-order valence-corrected chi connectivity index (χ1v) is 9.74. The van der Waals surface area contributed by atoms with Gasteiger partial charge < -0.3 is 31.9 Å². The van der Waals surface area contributed by atoms with E-state index < -0.39 is 53.8 Å². The molecule has 29 heavy (non-hydrogen) atoms. The highest BCUT2D eigenvalue weighted by molar-refractivity contribution is 7.80. The number of rotatable bonds is 13. The van der Waals surface area contributed by atoms with Crippen molar-refractivity contribution in [2.45, 2.75) is 64.2 Å². The van der Waals surface area contributed by atoms with Gasteiger partial charge in [-0.3, -0.25) is 19.2 Å². The molecule has 12 heteroatoms. The van der Waals surface area contributed by atoms with E-state index in [1.165, 1.54) is 6.92 Å². The molecule has 0 aliphatic carbocycles. The van der Waals surface area contributed by atoms with Crippen molar-refractivity contribution in [3.63, 3.8) is 0 Å². The molecule has 0 aromatic carbocycles. The lowest BCUT2D eigenvalue weighted by Gasteiger charge is -2.24. The number of nitrogens with one attached hydrogen (secondary N) is 3. The third-order valence-corrected chi connectivity index (χ3v) is 4.26. The van der Waals surface area contributed by atoms with Gasteiger partial charge in [0.05, 0.1) is 6.04 Å². The van der Waals surface area contributed by atoms with Crippen LogP contribution in [-0.4, -0.2) is 69.8 Å². The van der Waals surface area contributed by atoms with Gasteiger partial charge in [0.1, 0.15) is 18.1 Å². The fourth-order valence-corrected chi connectivity index (χ4v) is 2.50. The maximum absolute atomic E-state index is 12.5. The van der Waals surface area contributed by atoms with E-state index in [0.29, 0.717) is 0 Å². The number of hydrogen-bond donors (Lipinski definition) is 7. The number of carbonyl (C=O) groups is 5. The van der Waals surface area contributed by atoms with Crippen LogP contribution in [0.5, 0.6) is 0 Å². The van der Waals surface area contributed by atoms with Crippen LogP contribution in [0.3, 0.4) is 0 Å². The van der Waals surface area contributed by atoms with Crippen molar-refractivity contribution in [3.8, 4) is 0 Å². The van der Waals surface area contributed by atoms with Crippen LogP contribution in [0, 0.1) is 5.92 Å². The molecule has 4 unspecified atom stereocenters. The second-order valence-electron chi connectivity index (χ2n) is 7.04. The Bertz CT molecular complexity index is 615. The summed E-state index contributed by atoms with van der Waals surface area (Å²) in [6, 6.07) is -4.35. The van der Waals surface area contributed by atoms with Crippen molar-refractivity contribution in [1.29, 1.82) is 0 Å². The Labute approximate surface area is 174 Å². The van der Waals surface area contributed by atoms with Crippen LogP contribution in [-0.2, 0) is 24.0 Å². The molecule has 0 rings (SSSR count). The second-order valence-corrected chi connectivity index (χ2v) is 7.41. The van der Waals surface area contributed by atoms with Crippen molar-refractivity contribution in [1.82, 2.24) is 16.0 Å². The highest BCUT2D eigenvalue weighted by Crippen LogP contribution is 2.07. The van der Waals surface area contributed by atoms with Crippen molar-refractivity contribution < 1.29 is 34.2 Å².